The van der Waals surface area contributed by atoms with Gasteiger partial charge >= 0.3 is 0 Å². The standard InChI is InChI=1S/C11H19N3O3/c1-2-7(10(12)14-16)11(15)13-8-5-6-3-4-9(8)17-6/h6-9,16H,2-5H2,1H3,(H2,12,14)(H,13,15). The molecule has 0 aromatic rings. The fraction of sp³-hybridized carbons (Fsp3) is 0.818. The average Bonchev–Trinajstić information content (AvgIpc) is 2.91. The molecule has 0 saturated carbocycles. The number of nitrogens with two attached hydrogens (primary N) is 1. The quantitative estimate of drug-likeness (QED) is 0.283. The minimum absolute atomic E-state index is 0.0333. The van der Waals surface area contributed by atoms with E-state index in [1.807, 2.05) is 6.92 Å². The SMILES string of the molecule is CCC(C(=O)NC1CC2CCC1O2)C(N)=NO. The van der Waals surface area contributed by atoms with Crippen molar-refractivity contribution < 1.29 is 14.7 Å². The first-order valence-corrected chi connectivity index (χ1v) is 6.09. The molecule has 0 aromatic carbocycles. The van der Waals surface area contributed by atoms with E-state index >= 15 is 0 Å². The van der Waals surface area contributed by atoms with Crippen LogP contribution in [0.1, 0.15) is 32.6 Å². The number of oxime groups is 1. The van der Waals surface area contributed by atoms with Crippen LogP contribution >= 0.6 is 0 Å². The van der Waals surface area contributed by atoms with Gasteiger partial charge in [-0.05, 0) is 25.7 Å². The van der Waals surface area contributed by atoms with E-state index in [1.165, 1.54) is 0 Å². The van der Waals surface area contributed by atoms with E-state index in [0.717, 1.165) is 19.3 Å². The molecule has 0 radical (unpaired) electrons. The van der Waals surface area contributed by atoms with Crippen molar-refractivity contribution in [2.45, 2.75) is 50.9 Å². The Morgan fingerprint density at radius 2 is 2.41 bits per heavy atom. The molecule has 2 fully saturated rings. The number of fused-ring (bicyclic) bond motifs is 2. The maximum Gasteiger partial charge on any atom is 0.231 e. The number of nitrogens with one attached hydrogen (secondary N) is 1. The van der Waals surface area contributed by atoms with Gasteiger partial charge in [0.15, 0.2) is 5.84 Å². The maximum atomic E-state index is 12.0. The second kappa shape index (κ2) is 4.91. The second-order valence-corrected chi connectivity index (χ2v) is 4.71. The lowest BCUT2D eigenvalue weighted by atomic mass is 9.94. The van der Waals surface area contributed by atoms with E-state index < -0.39 is 5.92 Å². The van der Waals surface area contributed by atoms with Crippen LogP contribution in [0.25, 0.3) is 0 Å². The fourth-order valence-electron chi connectivity index (χ4n) is 2.67. The predicted octanol–water partition coefficient (Wildman–Crippen LogP) is 0.195. The van der Waals surface area contributed by atoms with Crippen molar-refractivity contribution in [1.82, 2.24) is 5.32 Å². The zero-order valence-corrected chi connectivity index (χ0v) is 9.93. The number of ether oxygens (including phenoxy) is 1. The van der Waals surface area contributed by atoms with Crippen LogP contribution < -0.4 is 11.1 Å². The molecule has 2 saturated heterocycles. The lowest BCUT2D eigenvalue weighted by Gasteiger charge is -2.22. The Hall–Kier alpha value is -1.30. The van der Waals surface area contributed by atoms with Gasteiger partial charge in [0.1, 0.15) is 0 Å². The normalized spacial score (nSPS) is 33.7. The second-order valence-electron chi connectivity index (χ2n) is 4.71. The number of amidine groups is 1. The molecular weight excluding hydrogens is 222 g/mol. The van der Waals surface area contributed by atoms with Gasteiger partial charge in [-0.15, -0.1) is 0 Å². The van der Waals surface area contributed by atoms with Gasteiger partial charge < -0.3 is 21.0 Å². The fourth-order valence-corrected chi connectivity index (χ4v) is 2.67. The molecule has 1 amide bonds. The number of amides is 1. The third-order valence-electron chi connectivity index (χ3n) is 3.63. The molecule has 2 bridgehead atoms. The predicted molar refractivity (Wildman–Crippen MR) is 61.6 cm³/mol. The van der Waals surface area contributed by atoms with Gasteiger partial charge in [-0.2, -0.15) is 0 Å². The first-order valence-electron chi connectivity index (χ1n) is 6.09. The molecule has 0 spiro atoms. The highest BCUT2D eigenvalue weighted by molar-refractivity contribution is 6.02. The molecule has 4 N–H and O–H groups in total. The molecule has 4 atom stereocenters. The van der Waals surface area contributed by atoms with Gasteiger partial charge in [0.2, 0.25) is 5.91 Å². The zero-order valence-electron chi connectivity index (χ0n) is 9.93. The van der Waals surface area contributed by atoms with E-state index in [2.05, 4.69) is 10.5 Å². The van der Waals surface area contributed by atoms with Gasteiger partial charge in [-0.25, -0.2) is 0 Å². The monoisotopic (exact) mass is 241 g/mol. The highest BCUT2D eigenvalue weighted by Crippen LogP contribution is 2.34. The third-order valence-corrected chi connectivity index (χ3v) is 3.63. The van der Waals surface area contributed by atoms with E-state index in [1.54, 1.807) is 0 Å². The van der Waals surface area contributed by atoms with Crippen LogP contribution in [0.5, 0.6) is 0 Å². The summed E-state index contributed by atoms with van der Waals surface area (Å²) in [5.74, 6) is -0.767. The molecule has 17 heavy (non-hydrogen) atoms. The van der Waals surface area contributed by atoms with Gasteiger partial charge in [-0.3, -0.25) is 4.79 Å². The van der Waals surface area contributed by atoms with Crippen LogP contribution in [0.15, 0.2) is 5.16 Å². The third kappa shape index (κ3) is 2.36. The number of hydrogen-bond acceptors (Lipinski definition) is 4. The van der Waals surface area contributed by atoms with Crippen molar-refractivity contribution in [2.24, 2.45) is 16.8 Å². The van der Waals surface area contributed by atoms with Crippen molar-refractivity contribution in [1.29, 1.82) is 0 Å². The smallest absolute Gasteiger partial charge is 0.231 e. The molecule has 2 heterocycles. The van der Waals surface area contributed by atoms with Gasteiger partial charge in [0, 0.05) is 0 Å². The molecule has 0 aliphatic carbocycles. The van der Waals surface area contributed by atoms with Crippen molar-refractivity contribution in [3.05, 3.63) is 0 Å². The lowest BCUT2D eigenvalue weighted by molar-refractivity contribution is -0.124. The molecular formula is C11H19N3O3. The van der Waals surface area contributed by atoms with Crippen LogP contribution in [0.4, 0.5) is 0 Å². The summed E-state index contributed by atoms with van der Waals surface area (Å²) in [6, 6.07) is 0.0850. The summed E-state index contributed by atoms with van der Waals surface area (Å²) in [7, 11) is 0. The maximum absolute atomic E-state index is 12.0. The number of rotatable bonds is 4. The summed E-state index contributed by atoms with van der Waals surface area (Å²) in [4.78, 5) is 12.0. The van der Waals surface area contributed by atoms with Gasteiger partial charge in [0.05, 0.1) is 24.2 Å². The Morgan fingerprint density at radius 3 is 2.88 bits per heavy atom. The van der Waals surface area contributed by atoms with E-state index in [4.69, 9.17) is 15.7 Å². The topological polar surface area (TPSA) is 96.9 Å². The lowest BCUT2D eigenvalue weighted by Crippen LogP contribution is -2.47. The van der Waals surface area contributed by atoms with Crippen molar-refractivity contribution in [3.63, 3.8) is 0 Å². The summed E-state index contributed by atoms with van der Waals surface area (Å²) in [5.41, 5.74) is 5.49. The van der Waals surface area contributed by atoms with Gasteiger partial charge in [0.25, 0.3) is 0 Å². The number of nitrogens with zero attached hydrogens (tertiary/aromatic N) is 1. The summed E-state index contributed by atoms with van der Waals surface area (Å²) in [6.45, 7) is 1.83. The molecule has 6 heteroatoms. The first-order chi connectivity index (χ1) is 8.15. The Kier molecular flexibility index (Phi) is 3.51. The summed E-state index contributed by atoms with van der Waals surface area (Å²) < 4.78 is 5.66. The van der Waals surface area contributed by atoms with E-state index in [9.17, 15) is 4.79 Å². The van der Waals surface area contributed by atoms with Crippen LogP contribution in [0.2, 0.25) is 0 Å². The molecule has 2 rings (SSSR count). The zero-order chi connectivity index (χ0) is 12.4. The summed E-state index contributed by atoms with van der Waals surface area (Å²) in [6.07, 6.45) is 3.94. The summed E-state index contributed by atoms with van der Waals surface area (Å²) in [5, 5.41) is 14.5. The average molecular weight is 241 g/mol. The Balaban J connectivity index is 1.92. The molecule has 2 aliphatic heterocycles. The van der Waals surface area contributed by atoms with Crippen molar-refractivity contribution >= 4 is 11.7 Å². The molecule has 4 unspecified atom stereocenters. The highest BCUT2D eigenvalue weighted by atomic mass is 16.5. The Morgan fingerprint density at radius 1 is 1.65 bits per heavy atom. The van der Waals surface area contributed by atoms with Crippen molar-refractivity contribution in [2.75, 3.05) is 0 Å². The largest absolute Gasteiger partial charge is 0.409 e. The molecule has 96 valence electrons. The number of carbonyl (C=O) groups is 1. The molecule has 6 nitrogen and oxygen atoms in total. The Bertz CT molecular complexity index is 332. The molecule has 0 aromatic heterocycles. The first kappa shape index (κ1) is 12.2. The van der Waals surface area contributed by atoms with Crippen LogP contribution in [0.3, 0.4) is 0 Å². The van der Waals surface area contributed by atoms with Crippen LogP contribution in [0, 0.1) is 5.92 Å². The molecule has 2 aliphatic rings. The van der Waals surface area contributed by atoms with Crippen molar-refractivity contribution in [3.8, 4) is 0 Å². The highest BCUT2D eigenvalue weighted by Gasteiger charge is 2.42. The van der Waals surface area contributed by atoms with E-state index in [0.29, 0.717) is 12.5 Å². The minimum Gasteiger partial charge on any atom is -0.409 e. The van der Waals surface area contributed by atoms with Crippen LogP contribution in [-0.4, -0.2) is 35.2 Å². The van der Waals surface area contributed by atoms with E-state index in [-0.39, 0.29) is 23.9 Å². The minimum atomic E-state index is -0.556. The number of hydrogen-bond donors (Lipinski definition) is 3. The van der Waals surface area contributed by atoms with Gasteiger partial charge in [-0.1, -0.05) is 12.1 Å². The summed E-state index contributed by atoms with van der Waals surface area (Å²) >= 11 is 0. The number of carbonyl (C=O) groups excluding carboxylic acids is 1. The van der Waals surface area contributed by atoms with Crippen LogP contribution in [-0.2, 0) is 9.53 Å². The Labute approximate surface area is 100 Å².